The Morgan fingerprint density at radius 3 is 2.43 bits per heavy atom. The highest BCUT2D eigenvalue weighted by atomic mass is 19.4. The Hall–Kier alpha value is -2.66. The van der Waals surface area contributed by atoms with Crippen molar-refractivity contribution in [1.29, 1.82) is 5.26 Å². The highest BCUT2D eigenvalue weighted by Gasteiger charge is 2.35. The Labute approximate surface area is 117 Å². The molecule has 5 nitrogen and oxygen atoms in total. The maximum atomic E-state index is 12.9. The largest absolute Gasteiger partial charge is 0.424 e. The van der Waals surface area contributed by atoms with Crippen LogP contribution in [0.1, 0.15) is 16.7 Å². The summed E-state index contributed by atoms with van der Waals surface area (Å²) in [4.78, 5) is 7.37. The van der Waals surface area contributed by atoms with E-state index in [4.69, 9.17) is 15.1 Å². The Morgan fingerprint density at radius 1 is 1.24 bits per heavy atom. The Bertz CT molecular complexity index is 679. The van der Waals surface area contributed by atoms with Crippen molar-refractivity contribution < 1.29 is 23.0 Å². The quantitative estimate of drug-likeness (QED) is 0.941. The number of aromatic nitrogens is 2. The van der Waals surface area contributed by atoms with Gasteiger partial charge in [-0.3, -0.25) is 0 Å². The average molecular weight is 295 g/mol. The van der Waals surface area contributed by atoms with Gasteiger partial charge in [0.2, 0.25) is 0 Å². The molecule has 0 spiro atoms. The van der Waals surface area contributed by atoms with Gasteiger partial charge in [0.15, 0.2) is 0 Å². The number of aliphatic hydroxyl groups is 1. The smallest absolute Gasteiger partial charge is 0.420 e. The molecule has 2 rings (SSSR count). The molecule has 0 saturated carbocycles. The lowest BCUT2D eigenvalue weighted by Crippen LogP contribution is -2.08. The van der Waals surface area contributed by atoms with Crippen molar-refractivity contribution in [3.05, 3.63) is 47.3 Å². The second kappa shape index (κ2) is 5.76. The summed E-state index contributed by atoms with van der Waals surface area (Å²) < 4.78 is 43.8. The lowest BCUT2D eigenvalue weighted by Gasteiger charge is -2.12. The summed E-state index contributed by atoms with van der Waals surface area (Å²) in [6, 6.07) is 4.27. The first-order valence-electron chi connectivity index (χ1n) is 5.65. The van der Waals surface area contributed by atoms with Crippen LogP contribution in [0.4, 0.5) is 13.2 Å². The number of hydrogen-bond donors (Lipinski definition) is 1. The van der Waals surface area contributed by atoms with E-state index in [-0.39, 0.29) is 18.2 Å². The van der Waals surface area contributed by atoms with Gasteiger partial charge in [0.25, 0.3) is 0 Å². The van der Waals surface area contributed by atoms with Crippen molar-refractivity contribution >= 4 is 0 Å². The predicted octanol–water partition coefficient (Wildman–Crippen LogP) is 2.65. The molecule has 0 fully saturated rings. The third-order valence-electron chi connectivity index (χ3n) is 2.48. The summed E-state index contributed by atoms with van der Waals surface area (Å²) in [5.41, 5.74) is -0.819. The van der Waals surface area contributed by atoms with Gasteiger partial charge in [-0.05, 0) is 18.2 Å². The fourth-order valence-electron chi connectivity index (χ4n) is 1.49. The number of nitrogens with zero attached hydrogens (tertiary/aromatic N) is 3. The minimum atomic E-state index is -4.67. The van der Waals surface area contributed by atoms with Crippen LogP contribution in [0.5, 0.6) is 11.8 Å². The zero-order valence-electron chi connectivity index (χ0n) is 10.4. The molecule has 0 atom stereocenters. The van der Waals surface area contributed by atoms with E-state index in [1.807, 2.05) is 0 Å². The second-order valence-electron chi connectivity index (χ2n) is 3.95. The molecule has 1 aromatic heterocycles. The van der Waals surface area contributed by atoms with Gasteiger partial charge in [0, 0.05) is 18.0 Å². The van der Waals surface area contributed by atoms with Crippen molar-refractivity contribution in [3.63, 3.8) is 0 Å². The maximum Gasteiger partial charge on any atom is 0.420 e. The van der Waals surface area contributed by atoms with E-state index in [9.17, 15) is 13.2 Å². The van der Waals surface area contributed by atoms with Crippen LogP contribution in [0.25, 0.3) is 0 Å². The molecule has 8 heteroatoms. The van der Waals surface area contributed by atoms with E-state index >= 15 is 0 Å². The van der Waals surface area contributed by atoms with Crippen molar-refractivity contribution in [1.82, 2.24) is 9.97 Å². The van der Waals surface area contributed by atoms with Crippen LogP contribution in [0.2, 0.25) is 0 Å². The van der Waals surface area contributed by atoms with Crippen molar-refractivity contribution in [2.75, 3.05) is 0 Å². The van der Waals surface area contributed by atoms with E-state index in [2.05, 4.69) is 9.97 Å². The summed E-state index contributed by atoms with van der Waals surface area (Å²) in [7, 11) is 0. The second-order valence-corrected chi connectivity index (χ2v) is 3.95. The Balaban J connectivity index is 2.36. The first-order chi connectivity index (χ1) is 9.94. The maximum absolute atomic E-state index is 12.9. The van der Waals surface area contributed by atoms with Crippen LogP contribution < -0.4 is 4.74 Å². The van der Waals surface area contributed by atoms with Crippen LogP contribution in [-0.4, -0.2) is 15.1 Å². The van der Waals surface area contributed by atoms with Gasteiger partial charge in [0.1, 0.15) is 5.75 Å². The molecule has 1 aromatic carbocycles. The molecule has 0 aliphatic carbocycles. The first kappa shape index (κ1) is 14.7. The normalized spacial score (nSPS) is 11.0. The molecule has 2 aromatic rings. The monoisotopic (exact) mass is 295 g/mol. The topological polar surface area (TPSA) is 79.0 Å². The number of hydrogen-bond acceptors (Lipinski definition) is 5. The van der Waals surface area contributed by atoms with Crippen molar-refractivity contribution in [2.24, 2.45) is 0 Å². The fourth-order valence-corrected chi connectivity index (χ4v) is 1.49. The summed E-state index contributed by atoms with van der Waals surface area (Å²) in [6.07, 6.45) is -2.20. The van der Waals surface area contributed by atoms with E-state index < -0.39 is 17.5 Å². The third-order valence-corrected chi connectivity index (χ3v) is 2.48. The summed E-state index contributed by atoms with van der Waals surface area (Å²) in [5.74, 6) is -0.502. The number of ether oxygens (including phenoxy) is 1. The molecule has 0 aliphatic rings. The summed E-state index contributed by atoms with van der Waals surface area (Å²) >= 11 is 0. The average Bonchev–Trinajstić information content (AvgIpc) is 2.47. The standard InChI is InChI=1S/C13H8F3N3O2/c14-13(15,16)10-3-8(4-17)1-2-11(10)21-12-18-5-9(7-20)6-19-12/h1-3,5-6,20H,7H2. The Kier molecular flexibility index (Phi) is 4.05. The molecule has 0 bridgehead atoms. The minimum absolute atomic E-state index is 0.133. The van der Waals surface area contributed by atoms with Gasteiger partial charge in [-0.1, -0.05) is 0 Å². The van der Waals surface area contributed by atoms with Crippen molar-refractivity contribution in [3.8, 4) is 17.8 Å². The SMILES string of the molecule is N#Cc1ccc(Oc2ncc(CO)cn2)c(C(F)(F)F)c1. The van der Waals surface area contributed by atoms with Crippen LogP contribution in [0.3, 0.4) is 0 Å². The molecule has 0 aliphatic heterocycles. The van der Waals surface area contributed by atoms with Crippen LogP contribution >= 0.6 is 0 Å². The number of nitriles is 1. The molecule has 108 valence electrons. The Morgan fingerprint density at radius 2 is 1.90 bits per heavy atom. The first-order valence-corrected chi connectivity index (χ1v) is 5.65. The number of alkyl halides is 3. The van der Waals surface area contributed by atoms with E-state index in [0.717, 1.165) is 6.07 Å². The highest BCUT2D eigenvalue weighted by molar-refractivity contribution is 5.44. The number of halogens is 3. The molecule has 0 unspecified atom stereocenters. The van der Waals surface area contributed by atoms with Gasteiger partial charge >= 0.3 is 12.2 Å². The zero-order valence-corrected chi connectivity index (χ0v) is 10.4. The van der Waals surface area contributed by atoms with E-state index in [1.54, 1.807) is 6.07 Å². The van der Waals surface area contributed by atoms with E-state index in [0.29, 0.717) is 11.6 Å². The number of benzene rings is 1. The van der Waals surface area contributed by atoms with Gasteiger partial charge in [-0.2, -0.15) is 18.4 Å². The molecular formula is C13H8F3N3O2. The molecule has 0 saturated heterocycles. The van der Waals surface area contributed by atoms with E-state index in [1.165, 1.54) is 18.5 Å². The molecule has 1 N–H and O–H groups in total. The van der Waals surface area contributed by atoms with Gasteiger partial charge < -0.3 is 9.84 Å². The van der Waals surface area contributed by atoms with Crippen LogP contribution in [0, 0.1) is 11.3 Å². The zero-order chi connectivity index (χ0) is 15.5. The number of aliphatic hydroxyl groups excluding tert-OH is 1. The van der Waals surface area contributed by atoms with Gasteiger partial charge in [0.05, 0.1) is 23.8 Å². The van der Waals surface area contributed by atoms with Crippen molar-refractivity contribution in [2.45, 2.75) is 12.8 Å². The minimum Gasteiger partial charge on any atom is -0.424 e. The summed E-state index contributed by atoms with van der Waals surface area (Å²) in [5, 5.41) is 17.5. The van der Waals surface area contributed by atoms with Crippen LogP contribution in [0.15, 0.2) is 30.6 Å². The molecule has 21 heavy (non-hydrogen) atoms. The molecule has 0 amide bonds. The predicted molar refractivity (Wildman–Crippen MR) is 64.2 cm³/mol. The van der Waals surface area contributed by atoms with Gasteiger partial charge in [-0.15, -0.1) is 0 Å². The highest BCUT2D eigenvalue weighted by Crippen LogP contribution is 2.38. The van der Waals surface area contributed by atoms with Gasteiger partial charge in [-0.25, -0.2) is 9.97 Å². The molecular weight excluding hydrogens is 287 g/mol. The summed E-state index contributed by atoms with van der Waals surface area (Å²) in [6.45, 7) is -0.287. The third kappa shape index (κ3) is 3.46. The molecule has 0 radical (unpaired) electrons. The molecule has 1 heterocycles. The lowest BCUT2D eigenvalue weighted by atomic mass is 10.1. The lowest BCUT2D eigenvalue weighted by molar-refractivity contribution is -0.138. The fraction of sp³-hybridized carbons (Fsp3) is 0.154. The number of rotatable bonds is 3. The van der Waals surface area contributed by atoms with Crippen LogP contribution in [-0.2, 0) is 12.8 Å².